The Kier molecular flexibility index (Phi) is 8.42. The predicted molar refractivity (Wildman–Crippen MR) is 122 cm³/mol. The lowest BCUT2D eigenvalue weighted by Crippen LogP contribution is -2.36. The summed E-state index contributed by atoms with van der Waals surface area (Å²) in [6.07, 6.45) is 5.38. The summed E-state index contributed by atoms with van der Waals surface area (Å²) in [5, 5.41) is 10.9. The van der Waals surface area contributed by atoms with Gasteiger partial charge in [0.2, 0.25) is 0 Å². The van der Waals surface area contributed by atoms with Crippen LogP contribution in [0, 0.1) is 6.92 Å². The van der Waals surface area contributed by atoms with Gasteiger partial charge in [-0.1, -0.05) is 12.1 Å². The van der Waals surface area contributed by atoms with Gasteiger partial charge in [0, 0.05) is 44.4 Å². The van der Waals surface area contributed by atoms with E-state index in [0.29, 0.717) is 26.3 Å². The van der Waals surface area contributed by atoms with Gasteiger partial charge in [-0.15, -0.1) is 0 Å². The second-order valence-electron chi connectivity index (χ2n) is 6.97. The number of ether oxygens (including phenoxy) is 2. The monoisotopic (exact) mass is 422 g/mol. The molecule has 8 heteroatoms. The zero-order chi connectivity index (χ0) is 21.9. The van der Waals surface area contributed by atoms with Gasteiger partial charge in [-0.2, -0.15) is 5.10 Å². The van der Waals surface area contributed by atoms with E-state index in [1.165, 1.54) is 0 Å². The number of rotatable bonds is 10. The first-order chi connectivity index (χ1) is 15.2. The van der Waals surface area contributed by atoms with Crippen molar-refractivity contribution >= 4 is 5.96 Å². The first kappa shape index (κ1) is 22.3. The number of hydrogen-bond acceptors (Lipinski definition) is 5. The van der Waals surface area contributed by atoms with Crippen molar-refractivity contribution in [1.82, 2.24) is 25.4 Å². The fourth-order valence-corrected chi connectivity index (χ4v) is 2.96. The molecule has 0 atom stereocenters. The van der Waals surface area contributed by atoms with E-state index in [-0.39, 0.29) is 0 Å². The Balaban J connectivity index is 1.66. The molecule has 8 nitrogen and oxygen atoms in total. The molecular weight excluding hydrogens is 392 g/mol. The molecule has 0 unspecified atom stereocenters. The molecule has 0 aliphatic heterocycles. The van der Waals surface area contributed by atoms with Crippen molar-refractivity contribution in [2.75, 3.05) is 26.9 Å². The van der Waals surface area contributed by atoms with Gasteiger partial charge >= 0.3 is 0 Å². The number of hydrogen-bond donors (Lipinski definition) is 2. The molecule has 0 bridgehead atoms. The van der Waals surface area contributed by atoms with Crippen LogP contribution in [0.15, 0.2) is 60.0 Å². The Hall–Kier alpha value is -3.39. The van der Waals surface area contributed by atoms with Crippen LogP contribution in [-0.4, -0.2) is 47.6 Å². The molecule has 0 spiro atoms. The highest BCUT2D eigenvalue weighted by Crippen LogP contribution is 2.20. The zero-order valence-corrected chi connectivity index (χ0v) is 18.3. The van der Waals surface area contributed by atoms with Crippen molar-refractivity contribution in [3.05, 3.63) is 71.7 Å². The number of aliphatic imine (C=N–C) groups is 1. The number of pyridine rings is 1. The Bertz CT molecular complexity index is 972. The fraction of sp³-hybridized carbons (Fsp3) is 0.348. The highest BCUT2D eigenvalue weighted by atomic mass is 16.5. The lowest BCUT2D eigenvalue weighted by atomic mass is 10.1. The molecule has 3 rings (SSSR count). The maximum Gasteiger partial charge on any atom is 0.191 e. The quantitative estimate of drug-likeness (QED) is 0.297. The van der Waals surface area contributed by atoms with Crippen molar-refractivity contribution in [3.8, 4) is 11.6 Å². The molecule has 2 N–H and O–H groups in total. The molecule has 1 aromatic carbocycles. The summed E-state index contributed by atoms with van der Waals surface area (Å²) in [4.78, 5) is 9.09. The second kappa shape index (κ2) is 11.7. The molecule has 0 radical (unpaired) electrons. The van der Waals surface area contributed by atoms with Crippen LogP contribution in [0.1, 0.15) is 23.6 Å². The molecule has 0 saturated heterocycles. The highest BCUT2D eigenvalue weighted by Gasteiger charge is 2.07. The average molecular weight is 423 g/mol. The lowest BCUT2D eigenvalue weighted by molar-refractivity contribution is 0.145. The third-order valence-corrected chi connectivity index (χ3v) is 4.53. The minimum atomic E-state index is 0.516. The van der Waals surface area contributed by atoms with Crippen LogP contribution in [-0.2, 0) is 17.8 Å². The van der Waals surface area contributed by atoms with Crippen LogP contribution in [0.2, 0.25) is 0 Å². The topological polar surface area (TPSA) is 85.6 Å². The lowest BCUT2D eigenvalue weighted by Gasteiger charge is -2.15. The summed E-state index contributed by atoms with van der Waals surface area (Å²) >= 11 is 0. The third-order valence-electron chi connectivity index (χ3n) is 4.53. The Morgan fingerprint density at radius 3 is 2.81 bits per heavy atom. The van der Waals surface area contributed by atoms with Gasteiger partial charge in [0.25, 0.3) is 0 Å². The molecule has 0 saturated carbocycles. The van der Waals surface area contributed by atoms with E-state index in [0.717, 1.165) is 40.8 Å². The van der Waals surface area contributed by atoms with E-state index in [4.69, 9.17) is 14.5 Å². The van der Waals surface area contributed by atoms with Gasteiger partial charge in [-0.05, 0) is 49.2 Å². The minimum absolute atomic E-state index is 0.516. The summed E-state index contributed by atoms with van der Waals surface area (Å²) in [6, 6.07) is 12.0. The number of methoxy groups -OCH3 is 1. The summed E-state index contributed by atoms with van der Waals surface area (Å²) in [5.74, 6) is 2.37. The number of nitrogens with zero attached hydrogens (tertiary/aromatic N) is 4. The van der Waals surface area contributed by atoms with Gasteiger partial charge in [0.15, 0.2) is 11.8 Å². The van der Waals surface area contributed by atoms with Crippen molar-refractivity contribution in [2.24, 2.45) is 4.99 Å². The number of aromatic nitrogens is 3. The number of nitrogens with one attached hydrogen (secondary N) is 2. The first-order valence-corrected chi connectivity index (χ1v) is 10.4. The molecule has 3 aromatic rings. The molecule has 164 valence electrons. The molecule has 0 fully saturated rings. The highest BCUT2D eigenvalue weighted by molar-refractivity contribution is 5.79. The molecule has 31 heavy (non-hydrogen) atoms. The van der Waals surface area contributed by atoms with E-state index >= 15 is 0 Å². The van der Waals surface area contributed by atoms with Gasteiger partial charge in [0.1, 0.15) is 12.4 Å². The standard InChI is InChI=1S/C23H30N6O2/c1-4-24-23(26-16-19-8-10-25-22(15-19)29-11-5-9-28-29)27-17-20-7-6-18(2)14-21(20)31-13-12-30-3/h5-11,14-15H,4,12-13,16-17H2,1-3H3,(H2,24,26,27). The number of guanidine groups is 1. The zero-order valence-electron chi connectivity index (χ0n) is 18.3. The second-order valence-corrected chi connectivity index (χ2v) is 6.97. The van der Waals surface area contributed by atoms with Gasteiger partial charge in [-0.3, -0.25) is 0 Å². The summed E-state index contributed by atoms with van der Waals surface area (Å²) in [6.45, 7) is 7.06. The van der Waals surface area contributed by atoms with Crippen LogP contribution in [0.4, 0.5) is 0 Å². The maximum atomic E-state index is 5.89. The van der Waals surface area contributed by atoms with Crippen LogP contribution < -0.4 is 15.4 Å². The summed E-state index contributed by atoms with van der Waals surface area (Å²) < 4.78 is 12.7. The largest absolute Gasteiger partial charge is 0.491 e. The molecule has 2 aromatic heterocycles. The van der Waals surface area contributed by atoms with Crippen molar-refractivity contribution < 1.29 is 9.47 Å². The van der Waals surface area contributed by atoms with E-state index in [1.807, 2.05) is 37.4 Å². The minimum Gasteiger partial charge on any atom is -0.491 e. The first-order valence-electron chi connectivity index (χ1n) is 10.4. The van der Waals surface area contributed by atoms with Crippen LogP contribution in [0.25, 0.3) is 5.82 Å². The summed E-state index contributed by atoms with van der Waals surface area (Å²) in [5.41, 5.74) is 3.27. The normalized spacial score (nSPS) is 11.4. The fourth-order valence-electron chi connectivity index (χ4n) is 2.96. The number of aryl methyl sites for hydroxylation is 1. The van der Waals surface area contributed by atoms with Crippen molar-refractivity contribution in [1.29, 1.82) is 0 Å². The molecule has 0 amide bonds. The van der Waals surface area contributed by atoms with Gasteiger partial charge < -0.3 is 20.1 Å². The maximum absolute atomic E-state index is 5.89. The third kappa shape index (κ3) is 6.82. The average Bonchev–Trinajstić information content (AvgIpc) is 3.32. The molecular formula is C23H30N6O2. The summed E-state index contributed by atoms with van der Waals surface area (Å²) in [7, 11) is 1.67. The number of benzene rings is 1. The SMILES string of the molecule is CCNC(=NCc1ccnc(-n2cccn2)c1)NCc1ccc(C)cc1OCCOC. The van der Waals surface area contributed by atoms with Gasteiger partial charge in [-0.25, -0.2) is 14.7 Å². The van der Waals surface area contributed by atoms with E-state index in [9.17, 15) is 0 Å². The Morgan fingerprint density at radius 2 is 2.03 bits per heavy atom. The smallest absolute Gasteiger partial charge is 0.191 e. The predicted octanol–water partition coefficient (Wildman–Crippen LogP) is 2.86. The van der Waals surface area contributed by atoms with E-state index in [1.54, 1.807) is 24.2 Å². The van der Waals surface area contributed by atoms with Gasteiger partial charge in [0.05, 0.1) is 13.2 Å². The van der Waals surface area contributed by atoms with Crippen molar-refractivity contribution in [3.63, 3.8) is 0 Å². The van der Waals surface area contributed by atoms with Crippen LogP contribution in [0.3, 0.4) is 0 Å². The molecule has 0 aliphatic rings. The molecule has 2 heterocycles. The van der Waals surface area contributed by atoms with Crippen molar-refractivity contribution in [2.45, 2.75) is 26.9 Å². The molecule has 0 aliphatic carbocycles. The Morgan fingerprint density at radius 1 is 1.13 bits per heavy atom. The van der Waals surface area contributed by atoms with Crippen LogP contribution >= 0.6 is 0 Å². The van der Waals surface area contributed by atoms with E-state index < -0.39 is 0 Å². The Labute approximate surface area is 183 Å². The van der Waals surface area contributed by atoms with Crippen LogP contribution in [0.5, 0.6) is 5.75 Å². The van der Waals surface area contributed by atoms with E-state index in [2.05, 4.69) is 39.8 Å².